The molecule has 6 nitrogen and oxygen atoms in total. The maximum absolute atomic E-state index is 12.2. The molecule has 0 fully saturated rings. The van der Waals surface area contributed by atoms with Gasteiger partial charge < -0.3 is 4.42 Å². The van der Waals surface area contributed by atoms with Gasteiger partial charge >= 0.3 is 0 Å². The van der Waals surface area contributed by atoms with Crippen molar-refractivity contribution in [2.75, 3.05) is 11.1 Å². The summed E-state index contributed by atoms with van der Waals surface area (Å²) >= 11 is 5.86. The molecule has 0 radical (unpaired) electrons. The van der Waals surface area contributed by atoms with Crippen molar-refractivity contribution < 1.29 is 9.21 Å². The molecular formula is C14H10BrN3O3S2. The normalized spacial score (nSPS) is 10.9. The second kappa shape index (κ2) is 6.81. The molecule has 0 saturated heterocycles. The number of rotatable bonds is 4. The van der Waals surface area contributed by atoms with Gasteiger partial charge in [0.1, 0.15) is 5.58 Å². The van der Waals surface area contributed by atoms with Crippen LogP contribution < -0.4 is 10.7 Å². The van der Waals surface area contributed by atoms with Crippen molar-refractivity contribution in [2.45, 2.75) is 12.1 Å². The summed E-state index contributed by atoms with van der Waals surface area (Å²) in [5, 5.41) is 3.98. The zero-order chi connectivity index (χ0) is 16.4. The van der Waals surface area contributed by atoms with E-state index in [0.717, 1.165) is 21.8 Å². The van der Waals surface area contributed by atoms with E-state index in [1.54, 1.807) is 18.2 Å². The molecule has 0 bridgehead atoms. The lowest BCUT2D eigenvalue weighted by Crippen LogP contribution is -2.14. The topological polar surface area (TPSA) is 85.1 Å². The van der Waals surface area contributed by atoms with Crippen LogP contribution in [-0.2, 0) is 0 Å². The number of amides is 1. The lowest BCUT2D eigenvalue weighted by molar-refractivity contribution is 0.0997. The smallest absolute Gasteiger partial charge is 0.293 e. The van der Waals surface area contributed by atoms with E-state index in [4.69, 9.17) is 4.42 Å². The zero-order valence-corrected chi connectivity index (χ0v) is 15.0. The molecule has 118 valence electrons. The van der Waals surface area contributed by atoms with E-state index in [1.165, 1.54) is 17.8 Å². The van der Waals surface area contributed by atoms with Crippen LogP contribution in [0.4, 0.5) is 5.13 Å². The van der Waals surface area contributed by atoms with Gasteiger partial charge in [-0.15, -0.1) is 0 Å². The Bertz CT molecular complexity index is 938. The van der Waals surface area contributed by atoms with Gasteiger partial charge in [0.2, 0.25) is 10.3 Å². The van der Waals surface area contributed by atoms with Crippen LogP contribution >= 0.6 is 39.2 Å². The minimum Gasteiger partial charge on any atom is -0.451 e. The summed E-state index contributed by atoms with van der Waals surface area (Å²) in [6, 6.07) is 6.21. The van der Waals surface area contributed by atoms with Gasteiger partial charge in [-0.3, -0.25) is 14.9 Å². The molecule has 0 saturated carbocycles. The molecule has 9 heteroatoms. The molecule has 0 aliphatic carbocycles. The van der Waals surface area contributed by atoms with E-state index in [0.29, 0.717) is 21.3 Å². The number of fused-ring (bicyclic) bond motifs is 1. The van der Waals surface area contributed by atoms with Crippen molar-refractivity contribution in [3.05, 3.63) is 44.7 Å². The van der Waals surface area contributed by atoms with E-state index >= 15 is 0 Å². The maximum atomic E-state index is 12.2. The zero-order valence-electron chi connectivity index (χ0n) is 11.8. The number of benzene rings is 1. The van der Waals surface area contributed by atoms with Gasteiger partial charge in [0.05, 0.1) is 5.39 Å². The molecule has 0 aliphatic heterocycles. The third-order valence-electron chi connectivity index (χ3n) is 2.81. The largest absolute Gasteiger partial charge is 0.451 e. The molecule has 0 spiro atoms. The number of halogens is 1. The second-order valence-corrected chi connectivity index (χ2v) is 7.28. The van der Waals surface area contributed by atoms with Crippen molar-refractivity contribution in [1.29, 1.82) is 0 Å². The van der Waals surface area contributed by atoms with Crippen molar-refractivity contribution in [3.63, 3.8) is 0 Å². The Morgan fingerprint density at radius 2 is 2.26 bits per heavy atom. The lowest BCUT2D eigenvalue weighted by Gasteiger charge is -2.03. The average Bonchev–Trinajstić information content (AvgIpc) is 2.95. The Hall–Kier alpha value is -1.71. The highest BCUT2D eigenvalue weighted by Crippen LogP contribution is 2.21. The van der Waals surface area contributed by atoms with Crippen LogP contribution in [0.15, 0.2) is 43.1 Å². The van der Waals surface area contributed by atoms with Crippen LogP contribution in [0.3, 0.4) is 0 Å². The third-order valence-corrected chi connectivity index (χ3v) is 4.78. The van der Waals surface area contributed by atoms with Gasteiger partial charge in [-0.1, -0.05) is 34.6 Å². The summed E-state index contributed by atoms with van der Waals surface area (Å²) in [5.74, 6) is 0.250. The molecule has 3 rings (SSSR count). The monoisotopic (exact) mass is 411 g/mol. The maximum Gasteiger partial charge on any atom is 0.293 e. The SMILES string of the molecule is CCSc1nsc(NC(=O)c2cc(=O)c3cc(Br)ccc3o2)n1. The fraction of sp³-hybridized carbons (Fsp3) is 0.143. The number of carbonyl (C=O) groups is 1. The van der Waals surface area contributed by atoms with Gasteiger partial charge in [0.15, 0.2) is 11.2 Å². The molecule has 2 heterocycles. The molecule has 1 amide bonds. The highest BCUT2D eigenvalue weighted by Gasteiger charge is 2.15. The van der Waals surface area contributed by atoms with Crippen LogP contribution in [0.1, 0.15) is 17.5 Å². The molecule has 0 aliphatic rings. The third kappa shape index (κ3) is 3.62. The number of hydrogen-bond donors (Lipinski definition) is 1. The van der Waals surface area contributed by atoms with Crippen molar-refractivity contribution >= 4 is 61.2 Å². The van der Waals surface area contributed by atoms with E-state index in [-0.39, 0.29) is 11.2 Å². The Morgan fingerprint density at radius 1 is 1.43 bits per heavy atom. The van der Waals surface area contributed by atoms with Gasteiger partial charge in [-0.05, 0) is 24.0 Å². The van der Waals surface area contributed by atoms with Gasteiger partial charge in [-0.25, -0.2) is 0 Å². The number of nitrogens with zero attached hydrogens (tertiary/aromatic N) is 2. The molecule has 3 aromatic rings. The van der Waals surface area contributed by atoms with E-state index in [1.807, 2.05) is 6.92 Å². The summed E-state index contributed by atoms with van der Waals surface area (Å²) in [4.78, 5) is 28.5. The first kappa shape index (κ1) is 16.2. The molecular weight excluding hydrogens is 402 g/mol. The molecule has 23 heavy (non-hydrogen) atoms. The first-order valence-corrected chi connectivity index (χ1v) is 9.13. The predicted molar refractivity (Wildman–Crippen MR) is 94.4 cm³/mol. The fourth-order valence-electron chi connectivity index (χ4n) is 1.85. The van der Waals surface area contributed by atoms with Gasteiger partial charge in [0.25, 0.3) is 5.91 Å². The molecule has 0 atom stereocenters. The van der Waals surface area contributed by atoms with Crippen molar-refractivity contribution in [3.8, 4) is 0 Å². The molecule has 2 aromatic heterocycles. The van der Waals surface area contributed by atoms with Crippen LogP contribution in [0.2, 0.25) is 0 Å². The Balaban J connectivity index is 1.88. The fourth-order valence-corrected chi connectivity index (χ4v) is 3.47. The number of anilines is 1. The Morgan fingerprint density at radius 3 is 3.04 bits per heavy atom. The quantitative estimate of drug-likeness (QED) is 0.657. The van der Waals surface area contributed by atoms with Crippen molar-refractivity contribution in [1.82, 2.24) is 9.36 Å². The van der Waals surface area contributed by atoms with E-state index in [2.05, 4.69) is 30.6 Å². The number of thioether (sulfide) groups is 1. The van der Waals surface area contributed by atoms with Crippen LogP contribution in [0.5, 0.6) is 0 Å². The van der Waals surface area contributed by atoms with Gasteiger partial charge in [0, 0.05) is 22.1 Å². The molecule has 1 aromatic carbocycles. The molecule has 0 unspecified atom stereocenters. The summed E-state index contributed by atoms with van der Waals surface area (Å²) in [6.07, 6.45) is 0. The predicted octanol–water partition coefficient (Wildman–Crippen LogP) is 3.77. The first-order valence-electron chi connectivity index (χ1n) is 6.58. The summed E-state index contributed by atoms with van der Waals surface area (Å²) < 4.78 is 10.4. The minimum absolute atomic E-state index is 0.0651. The summed E-state index contributed by atoms with van der Waals surface area (Å²) in [6.45, 7) is 1.99. The average molecular weight is 412 g/mol. The van der Waals surface area contributed by atoms with Crippen LogP contribution in [0, 0.1) is 0 Å². The number of aromatic nitrogens is 2. The summed E-state index contributed by atoms with van der Waals surface area (Å²) in [5.41, 5.74) is 0.0718. The van der Waals surface area contributed by atoms with Crippen molar-refractivity contribution in [2.24, 2.45) is 0 Å². The second-order valence-electron chi connectivity index (χ2n) is 4.38. The van der Waals surface area contributed by atoms with Gasteiger partial charge in [-0.2, -0.15) is 9.36 Å². The Kier molecular flexibility index (Phi) is 4.79. The first-order chi connectivity index (χ1) is 11.1. The highest BCUT2D eigenvalue weighted by molar-refractivity contribution is 9.10. The highest BCUT2D eigenvalue weighted by atomic mass is 79.9. The standard InChI is InChI=1S/C14H10BrN3O3S2/c1-2-22-14-17-13(23-18-14)16-12(20)11-6-9(19)8-5-7(15)3-4-10(8)21-11/h3-6H,2H2,1H3,(H,16,17,18,20). The minimum atomic E-state index is -0.531. The number of hydrogen-bond acceptors (Lipinski definition) is 7. The van der Waals surface area contributed by atoms with E-state index in [9.17, 15) is 9.59 Å². The lowest BCUT2D eigenvalue weighted by atomic mass is 10.2. The Labute approximate surface area is 147 Å². The van der Waals surface area contributed by atoms with Crippen LogP contribution in [0.25, 0.3) is 11.0 Å². The number of carbonyl (C=O) groups excluding carboxylic acids is 1. The number of nitrogens with one attached hydrogen (secondary N) is 1. The summed E-state index contributed by atoms with van der Waals surface area (Å²) in [7, 11) is 0. The van der Waals surface area contributed by atoms with E-state index < -0.39 is 5.91 Å². The molecule has 1 N–H and O–H groups in total. The van der Waals surface area contributed by atoms with Crippen LogP contribution in [-0.4, -0.2) is 21.0 Å².